The maximum Gasteiger partial charge on any atom is 0.224 e. The van der Waals surface area contributed by atoms with Crippen molar-refractivity contribution in [1.29, 1.82) is 0 Å². The number of nitrogens with zero attached hydrogens (tertiary/aromatic N) is 4. The molecule has 0 saturated heterocycles. The standard InChI is InChI=1S/C24H34N6O3S/c1-6-14-18-16(7-8-25-14)34-22(29-18)17-12(2)27-23(26-11-24(3,4)5)30-21(17)28-15-9-13(10-31)19(32)20(15)33/h7-8,13,15,19-20,31-33H,6,9-11H2,1-5H3,(H2,26,27,28,30)/t13-,15-,19-,20+/m1/s1. The smallest absolute Gasteiger partial charge is 0.224 e. The van der Waals surface area contributed by atoms with Crippen LogP contribution in [0, 0.1) is 18.3 Å². The molecule has 0 bridgehead atoms. The first kappa shape index (κ1) is 24.7. The van der Waals surface area contributed by atoms with E-state index in [1.54, 1.807) is 17.5 Å². The Balaban J connectivity index is 1.77. The molecule has 184 valence electrons. The zero-order valence-corrected chi connectivity index (χ0v) is 21.1. The summed E-state index contributed by atoms with van der Waals surface area (Å²) in [6.45, 7) is 10.9. The van der Waals surface area contributed by atoms with Crippen molar-refractivity contribution in [3.63, 3.8) is 0 Å². The summed E-state index contributed by atoms with van der Waals surface area (Å²) in [7, 11) is 0. The maximum absolute atomic E-state index is 10.6. The number of pyridine rings is 1. The number of fused-ring (bicyclic) bond motifs is 1. The molecule has 34 heavy (non-hydrogen) atoms. The van der Waals surface area contributed by atoms with E-state index < -0.39 is 24.2 Å². The van der Waals surface area contributed by atoms with Gasteiger partial charge in [-0.3, -0.25) is 4.98 Å². The van der Waals surface area contributed by atoms with E-state index in [0.29, 0.717) is 24.7 Å². The summed E-state index contributed by atoms with van der Waals surface area (Å²) in [5, 5.41) is 37.9. The molecule has 3 heterocycles. The fourth-order valence-corrected chi connectivity index (χ4v) is 5.34. The number of anilines is 2. The van der Waals surface area contributed by atoms with Gasteiger partial charge in [0.05, 0.1) is 33.8 Å². The van der Waals surface area contributed by atoms with Crippen LogP contribution in [0.25, 0.3) is 20.8 Å². The molecule has 0 unspecified atom stereocenters. The molecule has 4 atom stereocenters. The highest BCUT2D eigenvalue weighted by atomic mass is 32.1. The van der Waals surface area contributed by atoms with Crippen molar-refractivity contribution >= 4 is 33.3 Å². The van der Waals surface area contributed by atoms with Gasteiger partial charge in [-0.2, -0.15) is 4.98 Å². The predicted molar refractivity (Wildman–Crippen MR) is 135 cm³/mol. The summed E-state index contributed by atoms with van der Waals surface area (Å²) in [4.78, 5) is 18.8. The Bertz CT molecular complexity index is 1160. The lowest BCUT2D eigenvalue weighted by atomic mass is 9.97. The van der Waals surface area contributed by atoms with Crippen LogP contribution in [0.15, 0.2) is 12.3 Å². The van der Waals surface area contributed by atoms with Crippen LogP contribution in [-0.4, -0.2) is 66.7 Å². The Morgan fingerprint density at radius 3 is 2.56 bits per heavy atom. The van der Waals surface area contributed by atoms with Gasteiger partial charge in [-0.05, 0) is 31.2 Å². The van der Waals surface area contributed by atoms with E-state index in [-0.39, 0.29) is 12.0 Å². The molecule has 5 N–H and O–H groups in total. The minimum absolute atomic E-state index is 0.0419. The molecule has 3 aromatic heterocycles. The SMILES string of the molecule is CCc1nccc2sc(-c3c(C)nc(NCC(C)(C)C)nc3N[C@@H]3C[C@H](CO)[C@@H](O)[C@H]3O)nc12. The summed E-state index contributed by atoms with van der Waals surface area (Å²) in [5.74, 6) is 0.643. The number of aliphatic hydroxyl groups is 3. The average Bonchev–Trinajstić information content (AvgIpc) is 3.33. The summed E-state index contributed by atoms with van der Waals surface area (Å²) in [5.41, 5.74) is 3.38. The summed E-state index contributed by atoms with van der Waals surface area (Å²) < 4.78 is 1.04. The molecule has 10 heteroatoms. The normalized spacial score (nSPS) is 22.9. The van der Waals surface area contributed by atoms with Crippen LogP contribution in [0.1, 0.15) is 45.5 Å². The van der Waals surface area contributed by atoms with E-state index in [4.69, 9.17) is 15.0 Å². The fourth-order valence-electron chi connectivity index (χ4n) is 4.25. The van der Waals surface area contributed by atoms with Crippen LogP contribution in [-0.2, 0) is 6.42 Å². The van der Waals surface area contributed by atoms with Gasteiger partial charge >= 0.3 is 0 Å². The van der Waals surface area contributed by atoms with E-state index in [0.717, 1.165) is 38.6 Å². The average molecular weight is 487 g/mol. The van der Waals surface area contributed by atoms with Gasteiger partial charge in [0, 0.05) is 25.3 Å². The van der Waals surface area contributed by atoms with Crippen molar-refractivity contribution in [3.8, 4) is 10.6 Å². The Hall–Kier alpha value is -2.40. The molecule has 3 aromatic rings. The summed E-state index contributed by atoms with van der Waals surface area (Å²) in [6, 6.07) is 1.50. The van der Waals surface area contributed by atoms with Crippen molar-refractivity contribution in [3.05, 3.63) is 23.7 Å². The van der Waals surface area contributed by atoms with Gasteiger partial charge in [0.2, 0.25) is 5.95 Å². The number of thiazole rings is 1. The number of nitrogens with one attached hydrogen (secondary N) is 2. The lowest BCUT2D eigenvalue weighted by molar-refractivity contribution is 0.00446. The molecule has 1 fully saturated rings. The fraction of sp³-hybridized carbons (Fsp3) is 0.583. The van der Waals surface area contributed by atoms with Crippen molar-refractivity contribution in [2.24, 2.45) is 11.3 Å². The lowest BCUT2D eigenvalue weighted by Gasteiger charge is -2.22. The first-order valence-electron chi connectivity index (χ1n) is 11.7. The Kier molecular flexibility index (Phi) is 7.04. The van der Waals surface area contributed by atoms with Gasteiger partial charge in [0.1, 0.15) is 22.4 Å². The molecular weight excluding hydrogens is 452 g/mol. The summed E-state index contributed by atoms with van der Waals surface area (Å²) >= 11 is 1.55. The monoisotopic (exact) mass is 486 g/mol. The summed E-state index contributed by atoms with van der Waals surface area (Å²) in [6.07, 6.45) is 1.00. The second kappa shape index (κ2) is 9.69. The van der Waals surface area contributed by atoms with Crippen LogP contribution in [0.5, 0.6) is 0 Å². The second-order valence-electron chi connectivity index (χ2n) is 10.2. The Morgan fingerprint density at radius 1 is 1.15 bits per heavy atom. The maximum atomic E-state index is 10.6. The van der Waals surface area contributed by atoms with E-state index in [1.165, 1.54) is 0 Å². The third-order valence-electron chi connectivity index (χ3n) is 6.16. The van der Waals surface area contributed by atoms with E-state index in [1.807, 2.05) is 13.0 Å². The molecule has 9 nitrogen and oxygen atoms in total. The number of aromatic nitrogens is 4. The third kappa shape index (κ3) is 5.00. The van der Waals surface area contributed by atoms with Crippen LogP contribution < -0.4 is 10.6 Å². The lowest BCUT2D eigenvalue weighted by Crippen LogP contribution is -2.36. The zero-order valence-electron chi connectivity index (χ0n) is 20.3. The second-order valence-corrected chi connectivity index (χ2v) is 11.2. The molecule has 0 aliphatic heterocycles. The number of aryl methyl sites for hydroxylation is 2. The highest BCUT2D eigenvalue weighted by molar-refractivity contribution is 7.21. The van der Waals surface area contributed by atoms with Gasteiger partial charge < -0.3 is 26.0 Å². The number of hydrogen-bond donors (Lipinski definition) is 5. The topological polar surface area (TPSA) is 136 Å². The minimum atomic E-state index is -1.02. The van der Waals surface area contributed by atoms with Gasteiger partial charge in [-0.15, -0.1) is 11.3 Å². The van der Waals surface area contributed by atoms with Crippen LogP contribution in [0.2, 0.25) is 0 Å². The number of aliphatic hydroxyl groups excluding tert-OH is 3. The van der Waals surface area contributed by atoms with Gasteiger partial charge in [-0.1, -0.05) is 27.7 Å². The molecule has 1 saturated carbocycles. The third-order valence-corrected chi connectivity index (χ3v) is 7.20. The molecule has 0 radical (unpaired) electrons. The Morgan fingerprint density at radius 2 is 1.91 bits per heavy atom. The quantitative estimate of drug-likeness (QED) is 0.341. The molecule has 1 aliphatic rings. The van der Waals surface area contributed by atoms with Gasteiger partial charge in [0.25, 0.3) is 0 Å². The van der Waals surface area contributed by atoms with Crippen LogP contribution in [0.3, 0.4) is 0 Å². The number of rotatable bonds is 7. The van der Waals surface area contributed by atoms with Crippen LogP contribution in [0.4, 0.5) is 11.8 Å². The molecule has 4 rings (SSSR count). The predicted octanol–water partition coefficient (Wildman–Crippen LogP) is 2.99. The minimum Gasteiger partial charge on any atom is -0.396 e. The van der Waals surface area contributed by atoms with Gasteiger partial charge in [-0.25, -0.2) is 9.97 Å². The van der Waals surface area contributed by atoms with Gasteiger partial charge in [0.15, 0.2) is 0 Å². The first-order chi connectivity index (χ1) is 16.1. The largest absolute Gasteiger partial charge is 0.396 e. The van der Waals surface area contributed by atoms with E-state index in [2.05, 4.69) is 43.3 Å². The highest BCUT2D eigenvalue weighted by Crippen LogP contribution is 2.38. The molecule has 0 spiro atoms. The van der Waals surface area contributed by atoms with E-state index in [9.17, 15) is 15.3 Å². The molecule has 0 amide bonds. The molecule has 1 aliphatic carbocycles. The van der Waals surface area contributed by atoms with Crippen molar-refractivity contribution in [2.45, 2.75) is 65.7 Å². The number of hydrogen-bond acceptors (Lipinski definition) is 10. The Labute approximate surface area is 203 Å². The van der Waals surface area contributed by atoms with E-state index >= 15 is 0 Å². The van der Waals surface area contributed by atoms with Crippen LogP contribution >= 0.6 is 11.3 Å². The zero-order chi connectivity index (χ0) is 24.6. The van der Waals surface area contributed by atoms with Crippen molar-refractivity contribution in [1.82, 2.24) is 19.9 Å². The van der Waals surface area contributed by atoms with Crippen molar-refractivity contribution in [2.75, 3.05) is 23.8 Å². The highest BCUT2D eigenvalue weighted by Gasteiger charge is 2.41. The molecule has 0 aromatic carbocycles. The molecular formula is C24H34N6O3S. The first-order valence-corrected chi connectivity index (χ1v) is 12.5. The van der Waals surface area contributed by atoms with Crippen molar-refractivity contribution < 1.29 is 15.3 Å².